The number of aromatic nitrogens is 1. The summed E-state index contributed by atoms with van der Waals surface area (Å²) in [5, 5.41) is 1.08. The van der Waals surface area contributed by atoms with Crippen molar-refractivity contribution in [3.63, 3.8) is 0 Å². The quantitative estimate of drug-likeness (QED) is 0.531. The molecule has 0 bridgehead atoms. The number of benzene rings is 2. The molecule has 0 aliphatic carbocycles. The molecule has 0 spiro atoms. The van der Waals surface area contributed by atoms with Gasteiger partial charge in [-0.3, -0.25) is 9.21 Å². The molecule has 0 unspecified atom stereocenters. The van der Waals surface area contributed by atoms with Gasteiger partial charge in [0.05, 0.1) is 22.3 Å². The van der Waals surface area contributed by atoms with E-state index in [9.17, 15) is 8.42 Å². The molecule has 0 atom stereocenters. The van der Waals surface area contributed by atoms with Crippen molar-refractivity contribution in [2.24, 2.45) is 0 Å². The van der Waals surface area contributed by atoms with Crippen LogP contribution in [0.3, 0.4) is 0 Å². The van der Waals surface area contributed by atoms with Gasteiger partial charge in [-0.1, -0.05) is 24.8 Å². The van der Waals surface area contributed by atoms with Crippen LogP contribution in [0.5, 0.6) is 0 Å². The molecule has 2 aromatic carbocycles. The minimum atomic E-state index is -3.64. The van der Waals surface area contributed by atoms with E-state index < -0.39 is 10.0 Å². The molecule has 1 saturated heterocycles. The summed E-state index contributed by atoms with van der Waals surface area (Å²) in [6.07, 6.45) is 4.94. The molecule has 0 amide bonds. The van der Waals surface area contributed by atoms with Crippen LogP contribution >= 0.6 is 0 Å². The van der Waals surface area contributed by atoms with Gasteiger partial charge in [0.25, 0.3) is 10.0 Å². The lowest BCUT2D eigenvalue weighted by Gasteiger charge is -2.37. The van der Waals surface area contributed by atoms with Crippen LogP contribution in [-0.2, 0) is 27.7 Å². The predicted octanol–water partition coefficient (Wildman–Crippen LogP) is 4.26. The third-order valence-electron chi connectivity index (χ3n) is 6.89. The lowest BCUT2D eigenvalue weighted by atomic mass is 9.99. The molecule has 0 radical (unpaired) electrons. The second-order valence-corrected chi connectivity index (χ2v) is 10.6. The average Bonchev–Trinajstić information content (AvgIpc) is 3.17. The monoisotopic (exact) mass is 463 g/mol. The number of hydrogen-bond acceptors (Lipinski definition) is 4. The van der Waals surface area contributed by atoms with Gasteiger partial charge in [0, 0.05) is 56.9 Å². The molecule has 33 heavy (non-hydrogen) atoms. The van der Waals surface area contributed by atoms with E-state index in [0.717, 1.165) is 56.5 Å². The zero-order chi connectivity index (χ0) is 23.0. The van der Waals surface area contributed by atoms with Crippen LogP contribution in [-0.4, -0.2) is 50.7 Å². The van der Waals surface area contributed by atoms with Crippen LogP contribution in [0.25, 0.3) is 17.1 Å². The maximum absolute atomic E-state index is 13.2. The number of ether oxygens (including phenoxy) is 1. The minimum Gasteiger partial charge on any atom is -0.381 e. The normalized spacial score (nSPS) is 17.5. The Hall–Kier alpha value is -2.83. The Morgan fingerprint density at radius 3 is 2.64 bits per heavy atom. The average molecular weight is 464 g/mol. The van der Waals surface area contributed by atoms with E-state index in [2.05, 4.69) is 21.8 Å². The molecule has 1 fully saturated rings. The number of hydrogen-bond donors (Lipinski definition) is 0. The van der Waals surface area contributed by atoms with Crippen LogP contribution in [0.4, 0.5) is 5.69 Å². The van der Waals surface area contributed by atoms with Crippen molar-refractivity contribution in [3.05, 3.63) is 72.1 Å². The van der Waals surface area contributed by atoms with Crippen LogP contribution in [0.1, 0.15) is 24.1 Å². The molecule has 3 aromatic rings. The fraction of sp³-hybridized carbons (Fsp3) is 0.346. The second-order valence-electron chi connectivity index (χ2n) is 8.68. The summed E-state index contributed by atoms with van der Waals surface area (Å²) in [5.41, 5.74) is 7.15. The van der Waals surface area contributed by atoms with Gasteiger partial charge in [0.15, 0.2) is 0 Å². The molecule has 172 valence electrons. The van der Waals surface area contributed by atoms with E-state index in [-0.39, 0.29) is 4.90 Å². The first-order valence-electron chi connectivity index (χ1n) is 11.4. The zero-order valence-electron chi connectivity index (χ0n) is 18.9. The maximum atomic E-state index is 13.2. The van der Waals surface area contributed by atoms with Gasteiger partial charge in [0.2, 0.25) is 0 Å². The fourth-order valence-corrected chi connectivity index (χ4v) is 6.30. The van der Waals surface area contributed by atoms with Crippen molar-refractivity contribution in [1.29, 1.82) is 0 Å². The number of nitrogens with zero attached hydrogens (tertiary/aromatic N) is 3. The summed E-state index contributed by atoms with van der Waals surface area (Å²) < 4.78 is 35.5. The molecule has 6 nitrogen and oxygen atoms in total. The van der Waals surface area contributed by atoms with E-state index in [1.54, 1.807) is 31.3 Å². The van der Waals surface area contributed by atoms with Crippen molar-refractivity contribution in [2.45, 2.75) is 36.7 Å². The van der Waals surface area contributed by atoms with E-state index >= 15 is 0 Å². The first kappa shape index (κ1) is 22.0. The molecule has 2 aliphatic rings. The standard InChI is InChI=1S/C26H29N3O3S/c1-3-14-29-25-10-9-21(27(2)33(30,31)22-7-5-4-6-8-22)18-23(25)24-19-28(15-11-26(24)29)20-12-16-32-17-13-20/h4-10,14,18,20H,1,11-13,15-17,19H2,2H3. The van der Waals surface area contributed by atoms with Gasteiger partial charge < -0.3 is 9.30 Å². The van der Waals surface area contributed by atoms with Gasteiger partial charge in [0.1, 0.15) is 0 Å². The number of sulfonamides is 1. The lowest BCUT2D eigenvalue weighted by molar-refractivity contribution is 0.0290. The van der Waals surface area contributed by atoms with Gasteiger partial charge in [-0.25, -0.2) is 8.42 Å². The van der Waals surface area contributed by atoms with Crippen molar-refractivity contribution in [1.82, 2.24) is 9.47 Å². The molecule has 3 heterocycles. The molecule has 7 heteroatoms. The number of anilines is 1. The molecule has 0 N–H and O–H groups in total. The summed E-state index contributed by atoms with van der Waals surface area (Å²) in [6.45, 7) is 7.28. The van der Waals surface area contributed by atoms with Crippen molar-refractivity contribution in [2.75, 3.05) is 31.1 Å². The van der Waals surface area contributed by atoms with Crippen molar-refractivity contribution < 1.29 is 13.2 Å². The highest BCUT2D eigenvalue weighted by Gasteiger charge is 2.29. The highest BCUT2D eigenvalue weighted by molar-refractivity contribution is 7.92. The smallest absolute Gasteiger partial charge is 0.264 e. The maximum Gasteiger partial charge on any atom is 0.264 e. The fourth-order valence-electron chi connectivity index (χ4n) is 5.09. The SMILES string of the molecule is C=C=Cn1c2c(c3cc(N(C)S(=O)(=O)c4ccccc4)ccc31)CN(C1CCOCC1)CC2. The summed E-state index contributed by atoms with van der Waals surface area (Å²) in [6, 6.07) is 15.0. The first-order chi connectivity index (χ1) is 16.0. The summed E-state index contributed by atoms with van der Waals surface area (Å²) in [5.74, 6) is 0. The first-order valence-corrected chi connectivity index (χ1v) is 12.8. The van der Waals surface area contributed by atoms with Crippen molar-refractivity contribution in [3.8, 4) is 0 Å². The lowest BCUT2D eigenvalue weighted by Crippen LogP contribution is -2.42. The van der Waals surface area contributed by atoms with Gasteiger partial charge in [-0.2, -0.15) is 0 Å². The zero-order valence-corrected chi connectivity index (χ0v) is 19.7. The number of rotatable bonds is 5. The molecule has 5 rings (SSSR count). The minimum absolute atomic E-state index is 0.285. The third kappa shape index (κ3) is 3.91. The van der Waals surface area contributed by atoms with Crippen LogP contribution in [0.2, 0.25) is 0 Å². The highest BCUT2D eigenvalue weighted by atomic mass is 32.2. The van der Waals surface area contributed by atoms with Gasteiger partial charge in [-0.05, 0) is 48.7 Å². The molecular formula is C26H29N3O3S. The summed E-state index contributed by atoms with van der Waals surface area (Å²) >= 11 is 0. The topological polar surface area (TPSA) is 54.8 Å². The second kappa shape index (κ2) is 8.84. The largest absolute Gasteiger partial charge is 0.381 e. The van der Waals surface area contributed by atoms with Gasteiger partial charge in [-0.15, -0.1) is 5.73 Å². The van der Waals surface area contributed by atoms with Crippen molar-refractivity contribution >= 4 is 32.8 Å². The van der Waals surface area contributed by atoms with E-state index in [0.29, 0.717) is 11.7 Å². The van der Waals surface area contributed by atoms with E-state index in [1.165, 1.54) is 15.6 Å². The summed E-state index contributed by atoms with van der Waals surface area (Å²) in [4.78, 5) is 2.84. The number of fused-ring (bicyclic) bond motifs is 3. The van der Waals surface area contributed by atoms with Crippen LogP contribution < -0.4 is 4.31 Å². The Kier molecular flexibility index (Phi) is 5.89. The van der Waals surface area contributed by atoms with Crippen LogP contribution in [0, 0.1) is 0 Å². The predicted molar refractivity (Wildman–Crippen MR) is 132 cm³/mol. The third-order valence-corrected chi connectivity index (χ3v) is 8.69. The van der Waals surface area contributed by atoms with E-state index in [1.807, 2.05) is 30.5 Å². The van der Waals surface area contributed by atoms with E-state index in [4.69, 9.17) is 4.74 Å². The Morgan fingerprint density at radius 1 is 1.15 bits per heavy atom. The Morgan fingerprint density at radius 2 is 1.91 bits per heavy atom. The van der Waals surface area contributed by atoms with Crippen LogP contribution in [0.15, 0.2) is 65.7 Å². The summed E-state index contributed by atoms with van der Waals surface area (Å²) in [7, 11) is -2.03. The molecular weight excluding hydrogens is 434 g/mol. The van der Waals surface area contributed by atoms with Gasteiger partial charge >= 0.3 is 0 Å². The Labute approximate surface area is 195 Å². The molecule has 2 aliphatic heterocycles. The highest BCUT2D eigenvalue weighted by Crippen LogP contribution is 2.36. The molecule has 0 saturated carbocycles. The Bertz CT molecular complexity index is 1320. The molecule has 1 aromatic heterocycles. The Balaban J connectivity index is 1.57.